The topological polar surface area (TPSA) is 30.2 Å². The predicted molar refractivity (Wildman–Crippen MR) is 95.6 cm³/mol. The van der Waals surface area contributed by atoms with Crippen molar-refractivity contribution in [1.82, 2.24) is 14.4 Å². The third-order valence-electron chi connectivity index (χ3n) is 3.37. The van der Waals surface area contributed by atoms with Crippen molar-refractivity contribution in [2.45, 2.75) is 0 Å². The quantitative estimate of drug-likeness (QED) is 0.463. The maximum absolute atomic E-state index is 4.92. The fourth-order valence-corrected chi connectivity index (χ4v) is 8.49. The summed E-state index contributed by atoms with van der Waals surface area (Å²) < 4.78 is 4.79. The molecular weight excluding hydrogens is 416 g/mol. The second kappa shape index (κ2) is 6.69. The number of hydrogen-bond donors (Lipinski definition) is 0. The zero-order valence-corrected chi connectivity index (χ0v) is 15.6. The number of benzene rings is 1. The summed E-state index contributed by atoms with van der Waals surface area (Å²) in [4.78, 5) is 9.38. The van der Waals surface area contributed by atoms with Crippen LogP contribution in [0.15, 0.2) is 79.1 Å². The molecule has 0 saturated heterocycles. The summed E-state index contributed by atoms with van der Waals surface area (Å²) in [6.45, 7) is 0. The number of hydrogen-bond acceptors (Lipinski definition) is 2. The van der Waals surface area contributed by atoms with Crippen LogP contribution in [-0.2, 0) is 0 Å². The molecule has 0 aliphatic heterocycles. The van der Waals surface area contributed by atoms with Crippen LogP contribution < -0.4 is 9.05 Å². The van der Waals surface area contributed by atoms with E-state index in [1.807, 2.05) is 30.5 Å². The van der Waals surface area contributed by atoms with Gasteiger partial charge in [0.05, 0.1) is 0 Å². The molecule has 0 spiro atoms. The van der Waals surface area contributed by atoms with Crippen molar-refractivity contribution in [2.24, 2.45) is 0 Å². The zero-order chi connectivity index (χ0) is 15.5. The van der Waals surface area contributed by atoms with E-state index in [2.05, 4.69) is 58.0 Å². The molecule has 23 heavy (non-hydrogen) atoms. The van der Waals surface area contributed by atoms with Crippen molar-refractivity contribution in [2.75, 3.05) is 0 Å². The first-order valence-electron chi connectivity index (χ1n) is 7.20. The third-order valence-corrected chi connectivity index (χ3v) is 10.2. The molecule has 0 aliphatic carbocycles. The molecule has 5 heteroatoms. The standard InChI is InChI=1S/C18H13N3Se2/c1-2-8-14(9-3-1)22-23-18-16-11-5-7-13-21(16)17(20-18)15-10-4-6-12-19-15/h1-13H. The van der Waals surface area contributed by atoms with E-state index in [4.69, 9.17) is 4.98 Å². The van der Waals surface area contributed by atoms with Crippen molar-refractivity contribution in [3.63, 3.8) is 0 Å². The van der Waals surface area contributed by atoms with Gasteiger partial charge in [-0.15, -0.1) is 0 Å². The summed E-state index contributed by atoms with van der Waals surface area (Å²) in [5.41, 5.74) is 2.12. The van der Waals surface area contributed by atoms with E-state index in [1.54, 1.807) is 0 Å². The van der Waals surface area contributed by atoms with Gasteiger partial charge in [-0.05, 0) is 0 Å². The van der Waals surface area contributed by atoms with Gasteiger partial charge in [-0.3, -0.25) is 0 Å². The monoisotopic (exact) mass is 431 g/mol. The average Bonchev–Trinajstić information content (AvgIpc) is 3.01. The van der Waals surface area contributed by atoms with Crippen LogP contribution in [0.25, 0.3) is 17.0 Å². The van der Waals surface area contributed by atoms with Crippen LogP contribution in [0, 0.1) is 0 Å². The van der Waals surface area contributed by atoms with Crippen molar-refractivity contribution in [1.29, 1.82) is 0 Å². The molecule has 4 aromatic rings. The Hall–Kier alpha value is -1.90. The van der Waals surface area contributed by atoms with Gasteiger partial charge in [-0.1, -0.05) is 0 Å². The van der Waals surface area contributed by atoms with Gasteiger partial charge < -0.3 is 0 Å². The molecule has 0 fully saturated rings. The molecule has 0 unspecified atom stereocenters. The van der Waals surface area contributed by atoms with Gasteiger partial charge in [-0.25, -0.2) is 0 Å². The molecule has 3 heterocycles. The van der Waals surface area contributed by atoms with E-state index in [1.165, 1.54) is 14.6 Å². The normalized spacial score (nSPS) is 11.0. The van der Waals surface area contributed by atoms with Gasteiger partial charge in [0, 0.05) is 0 Å². The van der Waals surface area contributed by atoms with Gasteiger partial charge in [0.15, 0.2) is 0 Å². The van der Waals surface area contributed by atoms with Crippen LogP contribution in [0.2, 0.25) is 0 Å². The van der Waals surface area contributed by atoms with Gasteiger partial charge in [0.25, 0.3) is 0 Å². The molecule has 112 valence electrons. The molecule has 0 aliphatic rings. The van der Waals surface area contributed by atoms with Crippen molar-refractivity contribution < 1.29 is 0 Å². The van der Waals surface area contributed by atoms with Crippen molar-refractivity contribution in [3.05, 3.63) is 79.1 Å². The molecule has 3 nitrogen and oxygen atoms in total. The Labute approximate surface area is 145 Å². The molecule has 0 bridgehead atoms. The van der Waals surface area contributed by atoms with Crippen LogP contribution in [0.4, 0.5) is 0 Å². The molecule has 0 atom stereocenters. The second-order valence-corrected chi connectivity index (χ2v) is 11.0. The molecule has 3 aromatic heterocycles. The summed E-state index contributed by atoms with van der Waals surface area (Å²) >= 11 is 0.800. The van der Waals surface area contributed by atoms with E-state index in [9.17, 15) is 0 Å². The van der Waals surface area contributed by atoms with Crippen LogP contribution in [0.3, 0.4) is 0 Å². The van der Waals surface area contributed by atoms with Gasteiger partial charge >= 0.3 is 146 Å². The molecule has 0 saturated carbocycles. The van der Waals surface area contributed by atoms with E-state index >= 15 is 0 Å². The number of rotatable bonds is 4. The SMILES string of the molecule is c1ccc([Se][Se]c2nc(-c3ccccn3)n3ccccc23)cc1. The Kier molecular flexibility index (Phi) is 4.27. The number of nitrogens with zero attached hydrogens (tertiary/aromatic N) is 3. The van der Waals surface area contributed by atoms with Crippen LogP contribution in [0.5, 0.6) is 0 Å². The minimum absolute atomic E-state index is 0.355. The number of pyridine rings is 2. The summed E-state index contributed by atoms with van der Waals surface area (Å²) in [5, 5.41) is 0. The summed E-state index contributed by atoms with van der Waals surface area (Å²) in [5.74, 6) is 0.932. The first-order chi connectivity index (χ1) is 11.4. The van der Waals surface area contributed by atoms with Crippen LogP contribution >= 0.6 is 0 Å². The summed E-state index contributed by atoms with van der Waals surface area (Å²) in [7, 11) is 0. The van der Waals surface area contributed by atoms with E-state index in [0.717, 1.165) is 11.5 Å². The number of aromatic nitrogens is 3. The Bertz CT molecular complexity index is 921. The van der Waals surface area contributed by atoms with Crippen molar-refractivity contribution in [3.8, 4) is 11.5 Å². The van der Waals surface area contributed by atoms with Gasteiger partial charge in [0.1, 0.15) is 0 Å². The summed E-state index contributed by atoms with van der Waals surface area (Å²) in [6, 6.07) is 22.9. The molecule has 0 N–H and O–H groups in total. The Morgan fingerprint density at radius 2 is 1.61 bits per heavy atom. The van der Waals surface area contributed by atoms with Gasteiger partial charge in [0.2, 0.25) is 0 Å². The van der Waals surface area contributed by atoms with Crippen LogP contribution in [0.1, 0.15) is 0 Å². The molecule has 0 radical (unpaired) electrons. The number of imidazole rings is 1. The van der Waals surface area contributed by atoms with Gasteiger partial charge in [-0.2, -0.15) is 0 Å². The first kappa shape index (κ1) is 14.7. The van der Waals surface area contributed by atoms with Crippen molar-refractivity contribution >= 4 is 40.8 Å². The van der Waals surface area contributed by atoms with E-state index in [-0.39, 0.29) is 0 Å². The second-order valence-electron chi connectivity index (χ2n) is 4.89. The third kappa shape index (κ3) is 3.10. The molecule has 0 amide bonds. The molecule has 4 rings (SSSR count). The predicted octanol–water partition coefficient (Wildman–Crippen LogP) is 1.67. The maximum atomic E-state index is 4.92. The van der Waals surface area contributed by atoms with E-state index < -0.39 is 0 Å². The Morgan fingerprint density at radius 3 is 2.43 bits per heavy atom. The minimum atomic E-state index is 0.355. The number of fused-ring (bicyclic) bond motifs is 1. The van der Waals surface area contributed by atoms with Crippen LogP contribution in [-0.4, -0.2) is 40.6 Å². The average molecular weight is 429 g/mol. The Morgan fingerprint density at radius 1 is 0.783 bits per heavy atom. The Balaban J connectivity index is 1.73. The summed E-state index contributed by atoms with van der Waals surface area (Å²) in [6.07, 6.45) is 3.89. The first-order valence-corrected chi connectivity index (χ1v) is 13.2. The molecule has 1 aromatic carbocycles. The molecular formula is C18H13N3Se2. The fourth-order valence-electron chi connectivity index (χ4n) is 2.31. The van der Waals surface area contributed by atoms with E-state index in [0.29, 0.717) is 26.3 Å². The fraction of sp³-hybridized carbons (Fsp3) is 0. The zero-order valence-electron chi connectivity index (χ0n) is 12.2.